The van der Waals surface area contributed by atoms with Crippen molar-refractivity contribution in [3.05, 3.63) is 96.1 Å². The van der Waals surface area contributed by atoms with E-state index in [-0.39, 0.29) is 0 Å². The Kier molecular flexibility index (Phi) is 6.64. The molecule has 4 nitrogen and oxygen atoms in total. The maximum absolute atomic E-state index is 9.47. The molecule has 0 saturated carbocycles. The summed E-state index contributed by atoms with van der Waals surface area (Å²) in [4.78, 5) is 1.99. The molecule has 0 aliphatic carbocycles. The van der Waals surface area contributed by atoms with Gasteiger partial charge >= 0.3 is 0 Å². The van der Waals surface area contributed by atoms with Crippen molar-refractivity contribution in [2.75, 3.05) is 14.2 Å². The molecule has 0 radical (unpaired) electrons. The van der Waals surface area contributed by atoms with Crippen LogP contribution in [0, 0.1) is 22.7 Å². The van der Waals surface area contributed by atoms with Crippen LogP contribution in [0.25, 0.3) is 22.3 Å². The van der Waals surface area contributed by atoms with E-state index in [1.807, 2.05) is 84.9 Å². The van der Waals surface area contributed by atoms with E-state index in [1.54, 1.807) is 26.0 Å². The van der Waals surface area contributed by atoms with Gasteiger partial charge in [0.15, 0.2) is 0 Å². The molecule has 4 rings (SSSR count). The third-order valence-electron chi connectivity index (χ3n) is 5.20. The minimum atomic E-state index is 0.588. The molecule has 0 amide bonds. The first-order chi connectivity index (χ1) is 16.1. The van der Waals surface area contributed by atoms with Crippen LogP contribution in [0.3, 0.4) is 0 Å². The molecule has 0 aromatic heterocycles. The summed E-state index contributed by atoms with van der Waals surface area (Å²) < 4.78 is 10.8. The number of ether oxygens (including phenoxy) is 2. The number of methoxy groups -OCH3 is 2. The Bertz CT molecular complexity index is 1290. The molecule has 0 unspecified atom stereocenters. The van der Waals surface area contributed by atoms with Crippen LogP contribution in [0.15, 0.2) is 94.7 Å². The second-order valence-corrected chi connectivity index (χ2v) is 8.30. The number of hydrogen-bond donors (Lipinski definition) is 0. The molecule has 33 heavy (non-hydrogen) atoms. The fourth-order valence-corrected chi connectivity index (χ4v) is 4.61. The summed E-state index contributed by atoms with van der Waals surface area (Å²) in [6, 6.07) is 31.4. The molecule has 0 N–H and O–H groups in total. The van der Waals surface area contributed by atoms with Gasteiger partial charge < -0.3 is 9.47 Å². The maximum Gasteiger partial charge on any atom is 0.119 e. The van der Waals surface area contributed by atoms with E-state index in [9.17, 15) is 10.5 Å². The van der Waals surface area contributed by atoms with Crippen LogP contribution in [0.4, 0.5) is 0 Å². The van der Waals surface area contributed by atoms with E-state index in [2.05, 4.69) is 12.1 Å². The Labute approximate surface area is 197 Å². The molecule has 4 aromatic rings. The van der Waals surface area contributed by atoms with Gasteiger partial charge in [-0.15, -0.1) is 0 Å². The topological polar surface area (TPSA) is 66.0 Å². The van der Waals surface area contributed by atoms with Gasteiger partial charge in [0.25, 0.3) is 0 Å². The molecule has 0 atom stereocenters. The number of nitrogens with zero attached hydrogens (tertiary/aromatic N) is 2. The summed E-state index contributed by atoms with van der Waals surface area (Å²) in [7, 11) is 3.27. The summed E-state index contributed by atoms with van der Waals surface area (Å²) in [5.41, 5.74) is 4.99. The second-order valence-electron chi connectivity index (χ2n) is 7.21. The lowest BCUT2D eigenvalue weighted by Gasteiger charge is -2.15. The highest BCUT2D eigenvalue weighted by molar-refractivity contribution is 7.99. The van der Waals surface area contributed by atoms with Gasteiger partial charge in [-0.3, -0.25) is 0 Å². The van der Waals surface area contributed by atoms with Gasteiger partial charge in [-0.05, 0) is 82.9 Å². The molecule has 0 saturated heterocycles. The van der Waals surface area contributed by atoms with Gasteiger partial charge in [0.2, 0.25) is 0 Å². The van der Waals surface area contributed by atoms with Gasteiger partial charge in [-0.2, -0.15) is 10.5 Å². The molecule has 0 aliphatic rings. The molecule has 5 heteroatoms. The van der Waals surface area contributed by atoms with E-state index in [4.69, 9.17) is 9.47 Å². The molecule has 0 spiro atoms. The quantitative estimate of drug-likeness (QED) is 0.320. The summed E-state index contributed by atoms with van der Waals surface area (Å²) in [5.74, 6) is 1.50. The van der Waals surface area contributed by atoms with E-state index in [0.29, 0.717) is 11.1 Å². The smallest absolute Gasteiger partial charge is 0.119 e. The monoisotopic (exact) mass is 448 g/mol. The van der Waals surface area contributed by atoms with Crippen LogP contribution in [0.5, 0.6) is 11.5 Å². The van der Waals surface area contributed by atoms with Gasteiger partial charge in [0, 0.05) is 9.79 Å². The molecule has 0 bridgehead atoms. The Morgan fingerprint density at radius 2 is 1.06 bits per heavy atom. The van der Waals surface area contributed by atoms with E-state index in [1.165, 1.54) is 0 Å². The van der Waals surface area contributed by atoms with Crippen LogP contribution in [0.2, 0.25) is 0 Å². The normalized spacial score (nSPS) is 10.2. The van der Waals surface area contributed by atoms with E-state index in [0.717, 1.165) is 43.5 Å². The molecule has 0 aliphatic heterocycles. The van der Waals surface area contributed by atoms with Crippen molar-refractivity contribution >= 4 is 11.8 Å². The second kappa shape index (κ2) is 9.96. The predicted molar refractivity (Wildman–Crippen MR) is 130 cm³/mol. The average Bonchev–Trinajstić information content (AvgIpc) is 2.89. The summed E-state index contributed by atoms with van der Waals surface area (Å²) in [5, 5.41) is 18.9. The molecular formula is C28H20N2O2S. The highest BCUT2D eigenvalue weighted by Crippen LogP contribution is 2.42. The fourth-order valence-electron chi connectivity index (χ4n) is 3.53. The number of nitriles is 2. The van der Waals surface area contributed by atoms with Crippen LogP contribution in [0.1, 0.15) is 11.1 Å². The van der Waals surface area contributed by atoms with Crippen molar-refractivity contribution in [2.45, 2.75) is 9.79 Å². The van der Waals surface area contributed by atoms with Crippen LogP contribution >= 0.6 is 11.8 Å². The number of benzene rings is 4. The SMILES string of the molecule is COc1cccc(-c2cc(C#N)ccc2Sc2ccc(C#N)cc2-c2cccc(OC)c2)c1. The predicted octanol–water partition coefficient (Wildman–Crippen LogP) is 6.93. The van der Waals surface area contributed by atoms with Gasteiger partial charge in [-0.25, -0.2) is 0 Å². The minimum absolute atomic E-state index is 0.588. The summed E-state index contributed by atoms with van der Waals surface area (Å²) >= 11 is 1.60. The van der Waals surface area contributed by atoms with Crippen LogP contribution < -0.4 is 9.47 Å². The minimum Gasteiger partial charge on any atom is -0.497 e. The van der Waals surface area contributed by atoms with Crippen molar-refractivity contribution in [2.24, 2.45) is 0 Å². The number of rotatable bonds is 6. The summed E-state index contributed by atoms with van der Waals surface area (Å²) in [6.07, 6.45) is 0. The first-order valence-corrected chi connectivity index (χ1v) is 11.0. The third kappa shape index (κ3) is 4.85. The molecule has 0 heterocycles. The van der Waals surface area contributed by atoms with Crippen molar-refractivity contribution in [3.8, 4) is 45.9 Å². The fraction of sp³-hybridized carbons (Fsp3) is 0.0714. The largest absolute Gasteiger partial charge is 0.497 e. The lowest BCUT2D eigenvalue weighted by atomic mass is 10.0. The first kappa shape index (κ1) is 22.0. The zero-order valence-corrected chi connectivity index (χ0v) is 19.0. The number of hydrogen-bond acceptors (Lipinski definition) is 5. The zero-order chi connectivity index (χ0) is 23.2. The zero-order valence-electron chi connectivity index (χ0n) is 18.2. The Balaban J connectivity index is 1.84. The maximum atomic E-state index is 9.47. The molecular weight excluding hydrogens is 428 g/mol. The van der Waals surface area contributed by atoms with Gasteiger partial charge in [-0.1, -0.05) is 36.0 Å². The van der Waals surface area contributed by atoms with E-state index >= 15 is 0 Å². The highest BCUT2D eigenvalue weighted by atomic mass is 32.2. The Hall–Kier alpha value is -4.19. The molecule has 160 valence electrons. The highest BCUT2D eigenvalue weighted by Gasteiger charge is 2.14. The van der Waals surface area contributed by atoms with Crippen LogP contribution in [-0.2, 0) is 0 Å². The summed E-state index contributed by atoms with van der Waals surface area (Å²) in [6.45, 7) is 0. The average molecular weight is 449 g/mol. The van der Waals surface area contributed by atoms with Crippen molar-refractivity contribution in [1.82, 2.24) is 0 Å². The standard InChI is InChI=1S/C28H20N2O2S/c1-31-23-7-3-5-21(15-23)25-13-19(17-29)9-11-27(25)33-28-12-10-20(18-30)14-26(28)22-6-4-8-24(16-22)32-2/h3-16H,1-2H3. The lowest BCUT2D eigenvalue weighted by Crippen LogP contribution is -1.90. The Morgan fingerprint density at radius 3 is 1.45 bits per heavy atom. The molecule has 0 fully saturated rings. The van der Waals surface area contributed by atoms with Crippen molar-refractivity contribution in [1.29, 1.82) is 10.5 Å². The molecule has 4 aromatic carbocycles. The first-order valence-electron chi connectivity index (χ1n) is 10.2. The Morgan fingerprint density at radius 1 is 0.606 bits per heavy atom. The third-order valence-corrected chi connectivity index (χ3v) is 6.35. The van der Waals surface area contributed by atoms with Crippen molar-refractivity contribution in [3.63, 3.8) is 0 Å². The van der Waals surface area contributed by atoms with Gasteiger partial charge in [0.1, 0.15) is 11.5 Å². The lowest BCUT2D eigenvalue weighted by molar-refractivity contribution is 0.415. The van der Waals surface area contributed by atoms with Crippen molar-refractivity contribution < 1.29 is 9.47 Å². The van der Waals surface area contributed by atoms with Crippen LogP contribution in [-0.4, -0.2) is 14.2 Å². The van der Waals surface area contributed by atoms with E-state index < -0.39 is 0 Å². The van der Waals surface area contributed by atoms with Gasteiger partial charge in [0.05, 0.1) is 37.5 Å².